The Kier molecular flexibility index (Phi) is 4.30. The van der Waals surface area contributed by atoms with Crippen LogP contribution in [0.5, 0.6) is 0 Å². The molecular formula is C11H20N4O. The summed E-state index contributed by atoms with van der Waals surface area (Å²) in [6.07, 6.45) is 4.66. The molecule has 90 valence electrons. The summed E-state index contributed by atoms with van der Waals surface area (Å²) < 4.78 is 7.19. The molecule has 1 aliphatic heterocycles. The molecule has 5 nitrogen and oxygen atoms in total. The highest BCUT2D eigenvalue weighted by molar-refractivity contribution is 4.89. The summed E-state index contributed by atoms with van der Waals surface area (Å²) in [7, 11) is 0. The molecule has 0 amide bonds. The van der Waals surface area contributed by atoms with Crippen molar-refractivity contribution in [1.82, 2.24) is 19.9 Å². The highest BCUT2D eigenvalue weighted by atomic mass is 16.5. The lowest BCUT2D eigenvalue weighted by molar-refractivity contribution is 0.131. The number of rotatable bonds is 6. The Morgan fingerprint density at radius 1 is 1.31 bits per heavy atom. The van der Waals surface area contributed by atoms with Crippen LogP contribution in [0.15, 0.2) is 6.20 Å². The van der Waals surface area contributed by atoms with Gasteiger partial charge in [-0.2, -0.15) is 0 Å². The summed E-state index contributed by atoms with van der Waals surface area (Å²) in [5.41, 5.74) is 0.920. The third kappa shape index (κ3) is 3.28. The average molecular weight is 224 g/mol. The normalized spacial score (nSPS) is 17.1. The largest absolute Gasteiger partial charge is 0.375 e. The molecule has 0 unspecified atom stereocenters. The molecule has 0 radical (unpaired) electrons. The summed E-state index contributed by atoms with van der Waals surface area (Å²) >= 11 is 0. The molecule has 0 aliphatic carbocycles. The smallest absolute Gasteiger partial charge is 0.108 e. The highest BCUT2D eigenvalue weighted by Crippen LogP contribution is 2.06. The van der Waals surface area contributed by atoms with Crippen molar-refractivity contribution in [2.24, 2.45) is 0 Å². The Morgan fingerprint density at radius 2 is 2.12 bits per heavy atom. The first-order valence-corrected chi connectivity index (χ1v) is 6.07. The van der Waals surface area contributed by atoms with Crippen molar-refractivity contribution in [1.29, 1.82) is 0 Å². The SMILES string of the molecule is CCOCc1cn(CCN2CCCC2)nn1. The number of hydrogen-bond donors (Lipinski definition) is 0. The zero-order valence-electron chi connectivity index (χ0n) is 9.93. The molecule has 5 heteroatoms. The van der Waals surface area contributed by atoms with Crippen LogP contribution in [0.4, 0.5) is 0 Å². The number of likely N-dealkylation sites (tertiary alicyclic amines) is 1. The van der Waals surface area contributed by atoms with Crippen molar-refractivity contribution in [2.75, 3.05) is 26.2 Å². The van der Waals surface area contributed by atoms with E-state index in [1.54, 1.807) is 0 Å². The molecule has 0 atom stereocenters. The van der Waals surface area contributed by atoms with Crippen LogP contribution in [0.25, 0.3) is 0 Å². The summed E-state index contributed by atoms with van der Waals surface area (Å²) in [4.78, 5) is 2.48. The van der Waals surface area contributed by atoms with Crippen molar-refractivity contribution in [3.05, 3.63) is 11.9 Å². The van der Waals surface area contributed by atoms with Crippen LogP contribution >= 0.6 is 0 Å². The molecule has 2 rings (SSSR count). The molecule has 1 fully saturated rings. The van der Waals surface area contributed by atoms with E-state index >= 15 is 0 Å². The second kappa shape index (κ2) is 5.96. The lowest BCUT2D eigenvalue weighted by Crippen LogP contribution is -2.24. The van der Waals surface area contributed by atoms with Gasteiger partial charge in [0, 0.05) is 13.2 Å². The van der Waals surface area contributed by atoms with Gasteiger partial charge in [-0.15, -0.1) is 5.10 Å². The van der Waals surface area contributed by atoms with Gasteiger partial charge in [0.05, 0.1) is 19.3 Å². The summed E-state index contributed by atoms with van der Waals surface area (Å²) in [5.74, 6) is 0. The zero-order chi connectivity index (χ0) is 11.2. The fourth-order valence-electron chi connectivity index (χ4n) is 1.97. The average Bonchev–Trinajstić information content (AvgIpc) is 2.95. The summed E-state index contributed by atoms with van der Waals surface area (Å²) in [6, 6.07) is 0. The number of ether oxygens (including phenoxy) is 1. The van der Waals surface area contributed by atoms with Crippen LogP contribution in [-0.4, -0.2) is 46.1 Å². The lowest BCUT2D eigenvalue weighted by atomic mass is 10.4. The van der Waals surface area contributed by atoms with Crippen molar-refractivity contribution in [2.45, 2.75) is 32.9 Å². The molecule has 0 bridgehead atoms. The van der Waals surface area contributed by atoms with Crippen LogP contribution in [-0.2, 0) is 17.9 Å². The van der Waals surface area contributed by atoms with Gasteiger partial charge in [-0.25, -0.2) is 0 Å². The second-order valence-corrected chi connectivity index (χ2v) is 4.16. The van der Waals surface area contributed by atoms with Gasteiger partial charge in [-0.05, 0) is 32.9 Å². The maximum absolute atomic E-state index is 5.28. The first-order chi connectivity index (χ1) is 7.88. The van der Waals surface area contributed by atoms with Crippen molar-refractivity contribution in [3.63, 3.8) is 0 Å². The molecule has 0 aromatic carbocycles. The Hall–Kier alpha value is -0.940. The molecule has 1 aliphatic rings. The van der Waals surface area contributed by atoms with Crippen molar-refractivity contribution < 1.29 is 4.74 Å². The van der Waals surface area contributed by atoms with Crippen LogP contribution in [0.3, 0.4) is 0 Å². The van der Waals surface area contributed by atoms with Crippen molar-refractivity contribution in [3.8, 4) is 0 Å². The molecule has 16 heavy (non-hydrogen) atoms. The van der Waals surface area contributed by atoms with E-state index in [9.17, 15) is 0 Å². The van der Waals surface area contributed by atoms with Gasteiger partial charge in [0.2, 0.25) is 0 Å². The molecule has 1 saturated heterocycles. The predicted octanol–water partition coefficient (Wildman–Crippen LogP) is 0.910. The van der Waals surface area contributed by atoms with Gasteiger partial charge in [0.25, 0.3) is 0 Å². The number of hydrogen-bond acceptors (Lipinski definition) is 4. The maximum atomic E-state index is 5.28. The highest BCUT2D eigenvalue weighted by Gasteiger charge is 2.11. The van der Waals surface area contributed by atoms with Crippen LogP contribution in [0, 0.1) is 0 Å². The van der Waals surface area contributed by atoms with Crippen LogP contribution in [0.1, 0.15) is 25.5 Å². The molecule has 0 saturated carbocycles. The topological polar surface area (TPSA) is 43.2 Å². The van der Waals surface area contributed by atoms with Gasteiger partial charge >= 0.3 is 0 Å². The first-order valence-electron chi connectivity index (χ1n) is 6.07. The van der Waals surface area contributed by atoms with E-state index in [4.69, 9.17) is 4.74 Å². The van der Waals surface area contributed by atoms with E-state index in [0.717, 1.165) is 25.4 Å². The van der Waals surface area contributed by atoms with E-state index < -0.39 is 0 Å². The van der Waals surface area contributed by atoms with E-state index in [1.807, 2.05) is 17.8 Å². The quantitative estimate of drug-likeness (QED) is 0.720. The minimum atomic E-state index is 0.570. The lowest BCUT2D eigenvalue weighted by Gasteiger charge is -2.13. The van der Waals surface area contributed by atoms with Gasteiger partial charge < -0.3 is 9.64 Å². The summed E-state index contributed by atoms with van der Waals surface area (Å²) in [6.45, 7) is 7.76. The minimum absolute atomic E-state index is 0.570. The van der Waals surface area contributed by atoms with E-state index in [-0.39, 0.29) is 0 Å². The first kappa shape index (κ1) is 11.5. The van der Waals surface area contributed by atoms with Gasteiger partial charge in [-0.3, -0.25) is 4.68 Å². The Balaban J connectivity index is 1.73. The van der Waals surface area contributed by atoms with Gasteiger partial charge in [0.1, 0.15) is 5.69 Å². The molecule has 1 aromatic heterocycles. The van der Waals surface area contributed by atoms with E-state index in [2.05, 4.69) is 15.2 Å². The Bertz CT molecular complexity index is 307. The van der Waals surface area contributed by atoms with Crippen LogP contribution < -0.4 is 0 Å². The van der Waals surface area contributed by atoms with E-state index in [0.29, 0.717) is 6.61 Å². The minimum Gasteiger partial charge on any atom is -0.375 e. The molecule has 0 N–H and O–H groups in total. The number of aromatic nitrogens is 3. The predicted molar refractivity (Wildman–Crippen MR) is 61.0 cm³/mol. The molecular weight excluding hydrogens is 204 g/mol. The maximum Gasteiger partial charge on any atom is 0.108 e. The third-order valence-electron chi connectivity index (χ3n) is 2.88. The van der Waals surface area contributed by atoms with Crippen LogP contribution in [0.2, 0.25) is 0 Å². The monoisotopic (exact) mass is 224 g/mol. The third-order valence-corrected chi connectivity index (χ3v) is 2.88. The van der Waals surface area contributed by atoms with Gasteiger partial charge in [0.15, 0.2) is 0 Å². The van der Waals surface area contributed by atoms with Gasteiger partial charge in [-0.1, -0.05) is 5.21 Å². The number of nitrogens with zero attached hydrogens (tertiary/aromatic N) is 4. The Labute approximate surface area is 96.4 Å². The molecule has 1 aromatic rings. The van der Waals surface area contributed by atoms with Crippen molar-refractivity contribution >= 4 is 0 Å². The second-order valence-electron chi connectivity index (χ2n) is 4.16. The fourth-order valence-corrected chi connectivity index (χ4v) is 1.97. The molecule has 2 heterocycles. The standard InChI is InChI=1S/C11H20N4O/c1-2-16-10-11-9-15(13-12-11)8-7-14-5-3-4-6-14/h9H,2-8,10H2,1H3. The fraction of sp³-hybridized carbons (Fsp3) is 0.818. The van der Waals surface area contributed by atoms with E-state index in [1.165, 1.54) is 25.9 Å². The Morgan fingerprint density at radius 3 is 2.88 bits per heavy atom. The zero-order valence-corrected chi connectivity index (χ0v) is 9.93. The molecule has 0 spiro atoms. The summed E-state index contributed by atoms with van der Waals surface area (Å²) in [5, 5.41) is 8.16.